The van der Waals surface area contributed by atoms with E-state index in [-0.39, 0.29) is 0 Å². The number of benzene rings is 1. The molecule has 0 bridgehead atoms. The molecule has 0 aliphatic heterocycles. The highest BCUT2D eigenvalue weighted by Gasteiger charge is 2.16. The molecule has 0 fully saturated rings. The van der Waals surface area contributed by atoms with Crippen LogP contribution in [0.5, 0.6) is 0 Å². The summed E-state index contributed by atoms with van der Waals surface area (Å²) in [5.41, 5.74) is 11.1. The van der Waals surface area contributed by atoms with E-state index in [0.717, 1.165) is 35.9 Å². The normalized spacial score (nSPS) is 11.0. The lowest BCUT2D eigenvalue weighted by molar-refractivity contribution is -0.358. The molecule has 0 saturated heterocycles. The molecule has 0 aliphatic rings. The van der Waals surface area contributed by atoms with E-state index in [1.54, 1.807) is 0 Å². The second kappa shape index (κ2) is 5.85. The van der Waals surface area contributed by atoms with E-state index in [9.17, 15) is 0 Å². The van der Waals surface area contributed by atoms with Crippen LogP contribution in [0.25, 0.3) is 10.9 Å². The molecular weight excluding hydrogens is 220 g/mol. The van der Waals surface area contributed by atoms with Crippen molar-refractivity contribution >= 4 is 16.6 Å². The Labute approximate surface area is 109 Å². The minimum absolute atomic E-state index is 0.970. The van der Waals surface area contributed by atoms with Gasteiger partial charge in [-0.3, -0.25) is 0 Å². The summed E-state index contributed by atoms with van der Waals surface area (Å²) in [4.78, 5) is 3.58. The van der Waals surface area contributed by atoms with Gasteiger partial charge < -0.3 is 5.73 Å². The third kappa shape index (κ3) is 2.47. The van der Waals surface area contributed by atoms with Crippen LogP contribution < -0.4 is 10.7 Å². The first kappa shape index (κ1) is 12.9. The van der Waals surface area contributed by atoms with Crippen molar-refractivity contribution in [1.82, 2.24) is 0 Å². The van der Waals surface area contributed by atoms with Gasteiger partial charge in [-0.1, -0.05) is 38.8 Å². The van der Waals surface area contributed by atoms with Crippen LogP contribution in [0.4, 0.5) is 5.69 Å². The smallest absolute Gasteiger partial charge is 0.213 e. The first-order chi connectivity index (χ1) is 8.77. The molecule has 2 rings (SSSR count). The summed E-state index contributed by atoms with van der Waals surface area (Å²) in [6, 6.07) is 8.32. The van der Waals surface area contributed by atoms with E-state index < -0.39 is 0 Å². The molecule has 0 spiro atoms. The van der Waals surface area contributed by atoms with Crippen LogP contribution in [0.15, 0.2) is 24.3 Å². The van der Waals surface area contributed by atoms with Crippen LogP contribution in [-0.2, 0) is 12.8 Å². The van der Waals surface area contributed by atoms with Gasteiger partial charge in [-0.2, -0.15) is 0 Å². The van der Waals surface area contributed by atoms with Gasteiger partial charge in [0.2, 0.25) is 5.52 Å². The van der Waals surface area contributed by atoms with Gasteiger partial charge in [0.15, 0.2) is 5.69 Å². The molecule has 0 saturated carbocycles. The largest absolute Gasteiger partial charge is 0.398 e. The number of unbranched alkanes of at least 4 members (excludes halogenated alkanes) is 1. The molecule has 0 atom stereocenters. The van der Waals surface area contributed by atoms with Gasteiger partial charge in [0.25, 0.3) is 0 Å². The number of nitrogens with two attached hydrogens (primary N) is 1. The molecular formula is C16H23N2+. The molecule has 1 aromatic heterocycles. The molecule has 1 heterocycles. The Balaban J connectivity index is 2.55. The maximum absolute atomic E-state index is 6.36. The van der Waals surface area contributed by atoms with Gasteiger partial charge in [-0.15, -0.1) is 0 Å². The van der Waals surface area contributed by atoms with E-state index in [1.807, 2.05) is 6.07 Å². The number of aryl methyl sites for hydroxylation is 1. The topological polar surface area (TPSA) is 40.2 Å². The summed E-state index contributed by atoms with van der Waals surface area (Å²) in [6.07, 6.45) is 5.72. The van der Waals surface area contributed by atoms with Gasteiger partial charge in [0.05, 0.1) is 11.1 Å². The predicted octanol–water partition coefficient (Wildman–Crippen LogP) is 3.53. The Morgan fingerprint density at radius 2 is 1.83 bits per heavy atom. The van der Waals surface area contributed by atoms with Gasteiger partial charge >= 0.3 is 0 Å². The van der Waals surface area contributed by atoms with Crippen LogP contribution in [-0.4, -0.2) is 0 Å². The Morgan fingerprint density at radius 1 is 1.06 bits per heavy atom. The standard InChI is InChI=1S/C16H22N2/c1-3-5-10-14-12(8-4-2)16(17)13-9-6-7-11-15(13)18-14/h6-7,9,11H,3-5,8,10H2,1-2H3,(H2,17,18)/p+1. The zero-order valence-electron chi connectivity index (χ0n) is 11.4. The second-order valence-electron chi connectivity index (χ2n) is 4.89. The number of nitrogens with one attached hydrogen (secondary N) is 1. The van der Waals surface area contributed by atoms with Crippen molar-refractivity contribution in [1.29, 1.82) is 0 Å². The number of nitrogen functional groups attached to an aromatic ring is 1. The summed E-state index contributed by atoms with van der Waals surface area (Å²) >= 11 is 0. The van der Waals surface area contributed by atoms with Crippen LogP contribution in [0.2, 0.25) is 0 Å². The number of rotatable bonds is 5. The molecule has 0 amide bonds. The second-order valence-corrected chi connectivity index (χ2v) is 4.89. The fourth-order valence-electron chi connectivity index (χ4n) is 2.49. The fraction of sp³-hybridized carbons (Fsp3) is 0.438. The van der Waals surface area contributed by atoms with Crippen molar-refractivity contribution in [2.45, 2.75) is 46.0 Å². The first-order valence-corrected chi connectivity index (χ1v) is 6.99. The molecule has 0 aliphatic carbocycles. The number of fused-ring (bicyclic) bond motifs is 1. The number of aromatic nitrogens is 1. The van der Waals surface area contributed by atoms with Gasteiger partial charge in [0.1, 0.15) is 0 Å². The molecule has 0 radical (unpaired) electrons. The lowest BCUT2D eigenvalue weighted by Gasteiger charge is -2.09. The zero-order valence-corrected chi connectivity index (χ0v) is 11.4. The quantitative estimate of drug-likeness (QED) is 0.857. The number of hydrogen-bond acceptors (Lipinski definition) is 1. The van der Waals surface area contributed by atoms with Crippen LogP contribution >= 0.6 is 0 Å². The van der Waals surface area contributed by atoms with Crippen molar-refractivity contribution in [2.24, 2.45) is 0 Å². The summed E-state index contributed by atoms with van der Waals surface area (Å²) < 4.78 is 0. The maximum Gasteiger partial charge on any atom is 0.213 e. The van der Waals surface area contributed by atoms with Gasteiger partial charge in [-0.25, -0.2) is 4.98 Å². The minimum Gasteiger partial charge on any atom is -0.398 e. The van der Waals surface area contributed by atoms with Gasteiger partial charge in [-0.05, 0) is 18.9 Å². The molecule has 2 aromatic rings. The Bertz CT molecular complexity index is 532. The van der Waals surface area contributed by atoms with Crippen molar-refractivity contribution in [3.8, 4) is 0 Å². The SMILES string of the molecule is CCCCc1[nH+]c2ccccc2c(N)c1CCC. The number of hydrogen-bond donors (Lipinski definition) is 1. The monoisotopic (exact) mass is 243 g/mol. The average Bonchev–Trinajstić information content (AvgIpc) is 2.40. The summed E-state index contributed by atoms with van der Waals surface area (Å²) in [6.45, 7) is 4.43. The first-order valence-electron chi connectivity index (χ1n) is 6.99. The highest BCUT2D eigenvalue weighted by atomic mass is 14.7. The van der Waals surface area contributed by atoms with Crippen LogP contribution in [0, 0.1) is 0 Å². The predicted molar refractivity (Wildman–Crippen MR) is 77.5 cm³/mol. The number of H-pyrrole nitrogens is 1. The van der Waals surface area contributed by atoms with Crippen LogP contribution in [0.3, 0.4) is 0 Å². The molecule has 2 heteroatoms. The molecule has 0 unspecified atom stereocenters. The molecule has 1 aromatic carbocycles. The summed E-state index contributed by atoms with van der Waals surface area (Å²) in [5.74, 6) is 0. The minimum atomic E-state index is 0.970. The molecule has 2 nitrogen and oxygen atoms in total. The van der Waals surface area contributed by atoms with E-state index in [4.69, 9.17) is 5.73 Å². The third-order valence-electron chi connectivity index (χ3n) is 3.47. The van der Waals surface area contributed by atoms with Crippen LogP contribution in [0.1, 0.15) is 44.4 Å². The lowest BCUT2D eigenvalue weighted by atomic mass is 9.99. The number of aromatic amines is 1. The fourth-order valence-corrected chi connectivity index (χ4v) is 2.49. The third-order valence-corrected chi connectivity index (χ3v) is 3.47. The van der Waals surface area contributed by atoms with Crippen molar-refractivity contribution in [3.05, 3.63) is 35.5 Å². The lowest BCUT2D eigenvalue weighted by Crippen LogP contribution is -2.18. The number of anilines is 1. The molecule has 3 N–H and O–H groups in total. The molecule has 96 valence electrons. The van der Waals surface area contributed by atoms with Crippen molar-refractivity contribution < 1.29 is 4.98 Å². The van der Waals surface area contributed by atoms with Crippen molar-refractivity contribution in [2.75, 3.05) is 5.73 Å². The maximum atomic E-state index is 6.36. The average molecular weight is 243 g/mol. The number of para-hydroxylation sites is 1. The summed E-state index contributed by atoms with van der Waals surface area (Å²) in [7, 11) is 0. The summed E-state index contributed by atoms with van der Waals surface area (Å²) in [5, 5.41) is 1.15. The van der Waals surface area contributed by atoms with E-state index in [0.29, 0.717) is 0 Å². The highest BCUT2D eigenvalue weighted by molar-refractivity contribution is 5.89. The highest BCUT2D eigenvalue weighted by Crippen LogP contribution is 2.25. The van der Waals surface area contributed by atoms with E-state index in [1.165, 1.54) is 24.1 Å². The number of pyridine rings is 1. The Hall–Kier alpha value is -1.57. The van der Waals surface area contributed by atoms with E-state index >= 15 is 0 Å². The van der Waals surface area contributed by atoms with Gasteiger partial charge in [0, 0.05) is 18.1 Å². The van der Waals surface area contributed by atoms with E-state index in [2.05, 4.69) is 37.0 Å². The van der Waals surface area contributed by atoms with Crippen molar-refractivity contribution in [3.63, 3.8) is 0 Å². The Kier molecular flexibility index (Phi) is 4.19. The Morgan fingerprint density at radius 3 is 2.56 bits per heavy atom. The zero-order chi connectivity index (χ0) is 13.0. The molecule has 18 heavy (non-hydrogen) atoms.